The van der Waals surface area contributed by atoms with Gasteiger partial charge in [0.1, 0.15) is 11.6 Å². The van der Waals surface area contributed by atoms with Gasteiger partial charge in [-0.1, -0.05) is 153 Å². The number of aryl methyl sites for hydroxylation is 3. The van der Waals surface area contributed by atoms with Crippen LogP contribution < -0.4 is 0 Å². The SMILES string of the molecule is [2H]c1nc(-c2[c-]c(-c3cccc4c3nc(-c3cc(C)cc(C)c3O)n4-c3ccc(-c4c(C([2H])(C)C)cccc4C([2H])(C)C)cc3C([2H])([2H])[2H])cc(C(C)(C)C)c2)c([2H])c(-c2c([2H])c([2H])c(C(C([2H])([2H])[2H])(C([2H])([2H])[2H])C([2H])([2H])[2H])c([2H])c2[2H])c1[2H].[Pt]. The number of fused-ring (bicyclic) bond motifs is 1. The first-order valence-corrected chi connectivity index (χ1v) is 20.6. The molecule has 8 rings (SSSR count). The van der Waals surface area contributed by atoms with Gasteiger partial charge in [0.2, 0.25) is 0 Å². The van der Waals surface area contributed by atoms with Crippen molar-refractivity contribution in [1.82, 2.24) is 14.5 Å². The maximum Gasteiger partial charge on any atom is 0.148 e. The van der Waals surface area contributed by atoms with Crippen LogP contribution in [0.2, 0.25) is 0 Å². The zero-order chi connectivity index (χ0) is 63.1. The number of hydrogen-bond acceptors (Lipinski definition) is 3. The van der Waals surface area contributed by atoms with Crippen molar-refractivity contribution in [3.8, 4) is 67.5 Å². The number of phenols is 1. The summed E-state index contributed by atoms with van der Waals surface area (Å²) in [7, 11) is 0. The smallest absolute Gasteiger partial charge is 0.148 e. The Morgan fingerprint density at radius 1 is 0.719 bits per heavy atom. The molecule has 5 heteroatoms. The summed E-state index contributed by atoms with van der Waals surface area (Å²) in [6.45, 7) is 1.48. The van der Waals surface area contributed by atoms with E-state index in [0.29, 0.717) is 50.0 Å². The second-order valence-corrected chi connectivity index (χ2v) is 17.5. The fraction of sp³-hybridized carbons (Fsp3) is 0.288. The monoisotopic (exact) mass is 1040 g/mol. The molecule has 0 amide bonds. The first kappa shape index (κ1) is 26.4. The number of phenolic OH excluding ortho intramolecular Hbond substituents is 1. The third-order valence-electron chi connectivity index (χ3n) is 11.2. The molecule has 2 heterocycles. The first-order valence-electron chi connectivity index (χ1n) is 31.1. The van der Waals surface area contributed by atoms with Gasteiger partial charge in [0.05, 0.1) is 31.9 Å². The van der Waals surface area contributed by atoms with Gasteiger partial charge in [-0.2, -0.15) is 0 Å². The number of imidazole rings is 1. The molecule has 0 unspecified atom stereocenters. The van der Waals surface area contributed by atoms with Crippen LogP contribution in [0.25, 0.3) is 72.7 Å². The van der Waals surface area contributed by atoms with E-state index in [0.717, 1.165) is 5.56 Å². The summed E-state index contributed by atoms with van der Waals surface area (Å²) in [5, 5.41) is 11.9. The van der Waals surface area contributed by atoms with Gasteiger partial charge < -0.3 is 5.11 Å². The Morgan fingerprint density at radius 2 is 1.41 bits per heavy atom. The van der Waals surface area contributed by atoms with Crippen molar-refractivity contribution in [3.05, 3.63) is 166 Å². The molecule has 0 saturated carbocycles. The summed E-state index contributed by atoms with van der Waals surface area (Å²) in [5.74, 6) is -2.30. The second kappa shape index (κ2) is 17.8. The quantitative estimate of drug-likeness (QED) is 0.154. The Morgan fingerprint density at radius 3 is 2.06 bits per heavy atom. The Balaban J connectivity index is 0.0000104. The summed E-state index contributed by atoms with van der Waals surface area (Å²) >= 11 is 0. The number of aromatic nitrogens is 3. The van der Waals surface area contributed by atoms with Crippen molar-refractivity contribution in [2.45, 2.75) is 112 Å². The van der Waals surface area contributed by atoms with E-state index in [1.807, 2.05) is 33.8 Å². The third kappa shape index (κ3) is 8.92. The molecule has 0 bridgehead atoms. The zero-order valence-electron chi connectivity index (χ0n) is 58.1. The fourth-order valence-electron chi connectivity index (χ4n) is 7.93. The molecule has 2 aromatic heterocycles. The van der Waals surface area contributed by atoms with Crippen LogP contribution in [0.3, 0.4) is 0 Å². The van der Waals surface area contributed by atoms with E-state index in [1.54, 1.807) is 112 Å². The molecule has 0 aliphatic rings. The summed E-state index contributed by atoms with van der Waals surface area (Å²) in [5.41, 5.74) is -2.13. The standard InChI is InChI=1S/C59H62N3O.Pt/c1-35(2)47-16-14-17-48(36(3)4)54(47)42-22-25-52(38(6)30-42)62-53-19-15-18-49(55(53)61-57(62)50-29-37(5)28-39(7)56(50)63)43-31-44(33-46(32-43)59(11,12)13)51-34-41(26-27-60-51)40-20-23-45(24-21-40)58(8,9)10;/h14-30,32-36,63H,1-13H3;/q-1;/i6D3,8D3,9D3,10D3,20D,21D,23D,24D,26D,27D,34D,35D,36D;. The predicted molar refractivity (Wildman–Crippen MR) is 266 cm³/mol. The normalized spacial score (nSPS) is 17.9. The number of aromatic hydroxyl groups is 1. The molecular weight excluding hydrogens is 962 g/mol. The number of benzene rings is 6. The molecule has 1 N–H and O–H groups in total. The Bertz CT molecular complexity index is 3890. The van der Waals surface area contributed by atoms with E-state index in [1.165, 1.54) is 0 Å². The largest absolute Gasteiger partial charge is 0.507 e. The maximum atomic E-state index is 11.9. The third-order valence-corrected chi connectivity index (χ3v) is 11.2. The van der Waals surface area contributed by atoms with Gasteiger partial charge in [-0.25, -0.2) is 4.98 Å². The van der Waals surface area contributed by atoms with Crippen LogP contribution >= 0.6 is 0 Å². The van der Waals surface area contributed by atoms with Crippen LogP contribution in [0.4, 0.5) is 0 Å². The van der Waals surface area contributed by atoms with Crippen LogP contribution in [0.1, 0.15) is 149 Å². The number of para-hydroxylation sites is 1. The minimum Gasteiger partial charge on any atom is -0.507 e. The maximum absolute atomic E-state index is 11.9. The summed E-state index contributed by atoms with van der Waals surface area (Å²) in [4.78, 5) is 9.56. The molecule has 4 nitrogen and oxygen atoms in total. The number of hydrogen-bond donors (Lipinski definition) is 1. The van der Waals surface area contributed by atoms with E-state index in [2.05, 4.69) is 11.1 Å². The van der Waals surface area contributed by atoms with Gasteiger partial charge in [0, 0.05) is 52.1 Å². The molecule has 0 fully saturated rings. The van der Waals surface area contributed by atoms with E-state index in [9.17, 15) is 6.48 Å². The van der Waals surface area contributed by atoms with Crippen molar-refractivity contribution in [1.29, 1.82) is 0 Å². The molecule has 0 saturated heterocycles. The van der Waals surface area contributed by atoms with Gasteiger partial charge in [0.15, 0.2) is 0 Å². The average molecular weight is 1050 g/mol. The van der Waals surface area contributed by atoms with Crippen molar-refractivity contribution in [2.75, 3.05) is 0 Å². The van der Waals surface area contributed by atoms with Crippen molar-refractivity contribution in [2.24, 2.45) is 0 Å². The first-order chi connectivity index (χ1) is 38.3. The van der Waals surface area contributed by atoms with Crippen molar-refractivity contribution >= 4 is 11.0 Å². The summed E-state index contributed by atoms with van der Waals surface area (Å²) < 4.78 is 185. The average Bonchev–Trinajstić information content (AvgIpc) is 1.03. The predicted octanol–water partition coefficient (Wildman–Crippen LogP) is 16.0. The molecule has 0 spiro atoms. The van der Waals surface area contributed by atoms with E-state index in [4.69, 9.17) is 32.4 Å². The molecule has 6 aromatic carbocycles. The molecular formula is C59H62N3OPt-. The summed E-state index contributed by atoms with van der Waals surface area (Å²) in [6.07, 6.45) is -0.809. The zero-order valence-corrected chi connectivity index (χ0v) is 39.4. The van der Waals surface area contributed by atoms with Gasteiger partial charge in [0.25, 0.3) is 0 Å². The van der Waals surface area contributed by atoms with Gasteiger partial charge in [-0.15, -0.1) is 29.3 Å². The Kier molecular flexibility index (Phi) is 7.33. The molecule has 330 valence electrons. The van der Waals surface area contributed by atoms with Gasteiger partial charge in [-0.3, -0.25) is 9.55 Å². The van der Waals surface area contributed by atoms with Crippen LogP contribution in [-0.2, 0) is 31.9 Å². The molecule has 0 aliphatic heterocycles. The van der Waals surface area contributed by atoms with Crippen LogP contribution in [0.15, 0.2) is 121 Å². The van der Waals surface area contributed by atoms with Gasteiger partial charge in [-0.05, 0) is 129 Å². The molecule has 0 radical (unpaired) electrons. The van der Waals surface area contributed by atoms with E-state index in [-0.39, 0.29) is 66.2 Å². The van der Waals surface area contributed by atoms with Crippen LogP contribution in [0.5, 0.6) is 5.75 Å². The van der Waals surface area contributed by atoms with E-state index >= 15 is 0 Å². The topological polar surface area (TPSA) is 50.9 Å². The minimum absolute atomic E-state index is 0. The van der Waals surface area contributed by atoms with Crippen molar-refractivity contribution in [3.63, 3.8) is 0 Å². The fourth-order valence-corrected chi connectivity index (χ4v) is 7.93. The van der Waals surface area contributed by atoms with Gasteiger partial charge >= 0.3 is 0 Å². The minimum atomic E-state index is -3.96. The Labute approximate surface area is 425 Å². The van der Waals surface area contributed by atoms with Crippen molar-refractivity contribution < 1.29 is 55.0 Å². The second-order valence-electron chi connectivity index (χ2n) is 17.5. The molecule has 64 heavy (non-hydrogen) atoms. The van der Waals surface area contributed by atoms with E-state index < -0.39 is 109 Å². The van der Waals surface area contributed by atoms with Crippen LogP contribution in [0, 0.1) is 26.8 Å². The van der Waals surface area contributed by atoms with Crippen LogP contribution in [-0.4, -0.2) is 19.6 Å². The molecule has 8 aromatic rings. The molecule has 0 aliphatic carbocycles. The molecule has 0 atom stereocenters. The number of nitrogens with zero attached hydrogens (tertiary/aromatic N) is 3. The Hall–Kier alpha value is -5.57. The number of rotatable bonds is 8. The summed E-state index contributed by atoms with van der Waals surface area (Å²) in [6, 6.07) is 19.1. The number of pyridine rings is 1.